The normalized spacial score (nSPS) is 19.0. The average Bonchev–Trinajstić information content (AvgIpc) is 3.09. The van der Waals surface area contributed by atoms with Gasteiger partial charge in [0.2, 0.25) is 5.88 Å². The summed E-state index contributed by atoms with van der Waals surface area (Å²) in [7, 11) is 3.27. The zero-order chi connectivity index (χ0) is 11.8. The van der Waals surface area contributed by atoms with Gasteiger partial charge in [0.25, 0.3) is 0 Å². The Balaban J connectivity index is 2.45. The molecule has 1 aliphatic rings. The Morgan fingerprint density at radius 3 is 2.50 bits per heavy atom. The summed E-state index contributed by atoms with van der Waals surface area (Å²) in [4.78, 5) is 4.14. The zero-order valence-corrected chi connectivity index (χ0v) is 9.99. The zero-order valence-electron chi connectivity index (χ0n) is 9.99. The quantitative estimate of drug-likeness (QED) is 0.838. The van der Waals surface area contributed by atoms with Crippen molar-refractivity contribution in [2.45, 2.75) is 31.2 Å². The van der Waals surface area contributed by atoms with Crippen molar-refractivity contribution in [3.8, 4) is 11.6 Å². The highest BCUT2D eigenvalue weighted by molar-refractivity contribution is 5.45. The van der Waals surface area contributed by atoms with Crippen molar-refractivity contribution < 1.29 is 9.47 Å². The van der Waals surface area contributed by atoms with Crippen LogP contribution in [0.25, 0.3) is 0 Å². The summed E-state index contributed by atoms with van der Waals surface area (Å²) < 4.78 is 10.5. The standard InChI is InChI=1S/C12H18N2O2/c1-8(13)12(4-5-12)9-6-11(16-3)14-7-10(9)15-2/h6-8H,4-5,13H2,1-3H3. The Morgan fingerprint density at radius 1 is 1.38 bits per heavy atom. The third kappa shape index (κ3) is 1.63. The Labute approximate surface area is 95.8 Å². The number of aromatic nitrogens is 1. The lowest BCUT2D eigenvalue weighted by Crippen LogP contribution is -2.32. The molecule has 1 heterocycles. The van der Waals surface area contributed by atoms with E-state index in [4.69, 9.17) is 15.2 Å². The second-order valence-electron chi connectivity index (χ2n) is 4.37. The number of nitrogens with two attached hydrogens (primary N) is 1. The molecule has 1 atom stereocenters. The maximum absolute atomic E-state index is 6.06. The first-order valence-electron chi connectivity index (χ1n) is 5.48. The highest BCUT2D eigenvalue weighted by Crippen LogP contribution is 2.53. The predicted molar refractivity (Wildman–Crippen MR) is 61.9 cm³/mol. The highest BCUT2D eigenvalue weighted by atomic mass is 16.5. The topological polar surface area (TPSA) is 57.4 Å². The molecule has 88 valence electrons. The van der Waals surface area contributed by atoms with Gasteiger partial charge in [-0.3, -0.25) is 0 Å². The van der Waals surface area contributed by atoms with Crippen LogP contribution >= 0.6 is 0 Å². The second-order valence-corrected chi connectivity index (χ2v) is 4.37. The minimum absolute atomic E-state index is 0.0571. The van der Waals surface area contributed by atoms with E-state index in [2.05, 4.69) is 4.98 Å². The molecule has 2 rings (SSSR count). The fourth-order valence-electron chi connectivity index (χ4n) is 2.19. The molecule has 0 spiro atoms. The third-order valence-electron chi connectivity index (χ3n) is 3.47. The van der Waals surface area contributed by atoms with Gasteiger partial charge in [-0.2, -0.15) is 0 Å². The number of hydrogen-bond acceptors (Lipinski definition) is 4. The fourth-order valence-corrected chi connectivity index (χ4v) is 2.19. The highest BCUT2D eigenvalue weighted by Gasteiger charge is 2.49. The van der Waals surface area contributed by atoms with Crippen LogP contribution < -0.4 is 15.2 Å². The fraction of sp³-hybridized carbons (Fsp3) is 0.583. The second kappa shape index (κ2) is 3.94. The summed E-state index contributed by atoms with van der Waals surface area (Å²) in [6, 6.07) is 2.06. The van der Waals surface area contributed by atoms with Crippen LogP contribution in [-0.4, -0.2) is 25.2 Å². The minimum atomic E-state index is 0.0571. The van der Waals surface area contributed by atoms with Crippen molar-refractivity contribution in [1.82, 2.24) is 4.98 Å². The molecule has 0 bridgehead atoms. The van der Waals surface area contributed by atoms with Crippen molar-refractivity contribution in [2.75, 3.05) is 14.2 Å². The first-order valence-corrected chi connectivity index (χ1v) is 5.48. The van der Waals surface area contributed by atoms with Gasteiger partial charge >= 0.3 is 0 Å². The summed E-state index contributed by atoms with van der Waals surface area (Å²) in [6.45, 7) is 2.04. The smallest absolute Gasteiger partial charge is 0.213 e. The van der Waals surface area contributed by atoms with Gasteiger partial charge in [0.05, 0.1) is 20.4 Å². The third-order valence-corrected chi connectivity index (χ3v) is 3.47. The van der Waals surface area contributed by atoms with Crippen molar-refractivity contribution in [1.29, 1.82) is 0 Å². The van der Waals surface area contributed by atoms with E-state index in [0.717, 1.165) is 24.2 Å². The van der Waals surface area contributed by atoms with E-state index in [9.17, 15) is 0 Å². The Hall–Kier alpha value is -1.29. The molecule has 0 aliphatic heterocycles. The molecule has 1 aromatic rings. The van der Waals surface area contributed by atoms with Crippen LogP contribution in [0.1, 0.15) is 25.3 Å². The number of nitrogens with zero attached hydrogens (tertiary/aromatic N) is 1. The predicted octanol–water partition coefficient (Wildman–Crippen LogP) is 1.48. The van der Waals surface area contributed by atoms with Crippen LogP contribution in [0.5, 0.6) is 11.6 Å². The largest absolute Gasteiger partial charge is 0.495 e. The van der Waals surface area contributed by atoms with Crippen molar-refractivity contribution >= 4 is 0 Å². The molecule has 16 heavy (non-hydrogen) atoms. The van der Waals surface area contributed by atoms with E-state index >= 15 is 0 Å². The molecule has 1 aliphatic carbocycles. The van der Waals surface area contributed by atoms with Gasteiger partial charge in [-0.1, -0.05) is 0 Å². The Kier molecular flexibility index (Phi) is 2.76. The number of pyridine rings is 1. The van der Waals surface area contributed by atoms with Gasteiger partial charge in [-0.15, -0.1) is 0 Å². The molecule has 1 fully saturated rings. The molecule has 1 saturated carbocycles. The summed E-state index contributed by atoms with van der Waals surface area (Å²) in [5, 5.41) is 0. The molecular weight excluding hydrogens is 204 g/mol. The van der Waals surface area contributed by atoms with E-state index in [1.54, 1.807) is 20.4 Å². The van der Waals surface area contributed by atoms with E-state index < -0.39 is 0 Å². The minimum Gasteiger partial charge on any atom is -0.495 e. The molecular formula is C12H18N2O2. The molecule has 1 unspecified atom stereocenters. The van der Waals surface area contributed by atoms with Gasteiger partial charge in [0.15, 0.2) is 0 Å². The lowest BCUT2D eigenvalue weighted by molar-refractivity contribution is 0.376. The first kappa shape index (κ1) is 11.2. The lowest BCUT2D eigenvalue weighted by Gasteiger charge is -2.22. The average molecular weight is 222 g/mol. The van der Waals surface area contributed by atoms with Crippen LogP contribution in [0, 0.1) is 0 Å². The molecule has 0 aromatic carbocycles. The monoisotopic (exact) mass is 222 g/mol. The Bertz CT molecular complexity index is 387. The van der Waals surface area contributed by atoms with Crippen molar-refractivity contribution in [3.05, 3.63) is 17.8 Å². The Morgan fingerprint density at radius 2 is 2.06 bits per heavy atom. The maximum atomic E-state index is 6.06. The first-order chi connectivity index (χ1) is 7.64. The molecule has 0 amide bonds. The number of rotatable bonds is 4. The van der Waals surface area contributed by atoms with E-state index in [1.165, 1.54) is 0 Å². The van der Waals surface area contributed by atoms with Crippen LogP contribution in [0.2, 0.25) is 0 Å². The van der Waals surface area contributed by atoms with E-state index in [0.29, 0.717) is 5.88 Å². The number of hydrogen-bond donors (Lipinski definition) is 1. The van der Waals surface area contributed by atoms with Gasteiger partial charge < -0.3 is 15.2 Å². The summed E-state index contributed by atoms with van der Waals surface area (Å²) in [5.74, 6) is 1.42. The molecule has 2 N–H and O–H groups in total. The lowest BCUT2D eigenvalue weighted by atomic mass is 9.89. The summed E-state index contributed by atoms with van der Waals surface area (Å²) in [6.07, 6.45) is 3.92. The van der Waals surface area contributed by atoms with Gasteiger partial charge in [0, 0.05) is 23.1 Å². The summed E-state index contributed by atoms with van der Waals surface area (Å²) in [5.41, 5.74) is 7.24. The molecule has 4 heteroatoms. The van der Waals surface area contributed by atoms with Gasteiger partial charge in [-0.25, -0.2) is 4.98 Å². The van der Waals surface area contributed by atoms with Crippen molar-refractivity contribution in [3.63, 3.8) is 0 Å². The molecule has 1 aromatic heterocycles. The van der Waals surface area contributed by atoms with Crippen molar-refractivity contribution in [2.24, 2.45) is 5.73 Å². The summed E-state index contributed by atoms with van der Waals surface area (Å²) >= 11 is 0. The van der Waals surface area contributed by atoms with Gasteiger partial charge in [-0.05, 0) is 19.8 Å². The molecule has 0 radical (unpaired) electrons. The van der Waals surface area contributed by atoms with Crippen LogP contribution in [-0.2, 0) is 5.41 Å². The maximum Gasteiger partial charge on any atom is 0.213 e. The molecule has 4 nitrogen and oxygen atoms in total. The number of methoxy groups -OCH3 is 2. The number of ether oxygens (including phenoxy) is 2. The SMILES string of the molecule is COc1cc(C2(C(C)N)CC2)c(OC)cn1. The van der Waals surface area contributed by atoms with E-state index in [1.807, 2.05) is 13.0 Å². The van der Waals surface area contributed by atoms with Gasteiger partial charge in [0.1, 0.15) is 5.75 Å². The van der Waals surface area contributed by atoms with Crippen LogP contribution in [0.3, 0.4) is 0 Å². The molecule has 0 saturated heterocycles. The van der Waals surface area contributed by atoms with Crippen LogP contribution in [0.15, 0.2) is 12.3 Å². The van der Waals surface area contributed by atoms with E-state index in [-0.39, 0.29) is 11.5 Å². The van der Waals surface area contributed by atoms with Crippen LogP contribution in [0.4, 0.5) is 0 Å².